The van der Waals surface area contributed by atoms with Gasteiger partial charge in [-0.1, -0.05) is 39.5 Å². The van der Waals surface area contributed by atoms with Crippen molar-refractivity contribution >= 4 is 44.1 Å². The number of nitrogens with zero attached hydrogens (tertiary/aromatic N) is 5. The van der Waals surface area contributed by atoms with Crippen LogP contribution in [0.5, 0.6) is 11.5 Å². The Morgan fingerprint density at radius 1 is 1.15 bits per heavy atom. The molecule has 5 aromatic rings. The minimum Gasteiger partial charge on any atom is -0.508 e. The van der Waals surface area contributed by atoms with Crippen molar-refractivity contribution in [2.24, 2.45) is 0 Å². The minimum absolute atomic E-state index is 0.0636. The van der Waals surface area contributed by atoms with Crippen molar-refractivity contribution in [3.63, 3.8) is 0 Å². The molecule has 0 amide bonds. The average Bonchev–Trinajstić information content (AvgIpc) is 3.70. The van der Waals surface area contributed by atoms with Gasteiger partial charge >= 0.3 is 0 Å². The maximum Gasteiger partial charge on any atom is 0.154 e. The van der Waals surface area contributed by atoms with Gasteiger partial charge < -0.3 is 14.6 Å². The molecule has 4 aromatic heterocycles. The van der Waals surface area contributed by atoms with Gasteiger partial charge in [0.2, 0.25) is 0 Å². The predicted molar refractivity (Wildman–Crippen MR) is 164 cm³/mol. The molecule has 0 atom stereocenters. The van der Waals surface area contributed by atoms with Crippen LogP contribution in [0.25, 0.3) is 32.1 Å². The van der Waals surface area contributed by atoms with Crippen molar-refractivity contribution in [2.45, 2.75) is 47.6 Å². The maximum absolute atomic E-state index is 9.54. The van der Waals surface area contributed by atoms with Crippen LogP contribution in [0.1, 0.15) is 50.5 Å². The third kappa shape index (κ3) is 6.40. The molecule has 5 rings (SSSR count). The largest absolute Gasteiger partial charge is 0.508 e. The maximum atomic E-state index is 9.54. The number of hydrogen-bond donors (Lipinski definition) is 1. The Morgan fingerprint density at radius 2 is 1.95 bits per heavy atom. The lowest BCUT2D eigenvalue weighted by atomic mass is 10.1. The van der Waals surface area contributed by atoms with Crippen LogP contribution in [0, 0.1) is 6.92 Å². The zero-order valence-corrected chi connectivity index (χ0v) is 25.2. The molecule has 0 aliphatic carbocycles. The smallest absolute Gasteiger partial charge is 0.154 e. The third-order valence-corrected chi connectivity index (χ3v) is 7.99. The number of rotatable bonds is 9. The SMILES string of the molecule is C=C(O)/C(C)=C/C=C(\CC)c1nc(COc2cc(OC)cc3nc(-c4cn5nc(C)ccc5n4)sc23)cs1.CC. The van der Waals surface area contributed by atoms with E-state index < -0.39 is 0 Å². The van der Waals surface area contributed by atoms with Gasteiger partial charge in [0.25, 0.3) is 0 Å². The van der Waals surface area contributed by atoms with Crippen molar-refractivity contribution < 1.29 is 14.6 Å². The van der Waals surface area contributed by atoms with Gasteiger partial charge in [-0.2, -0.15) is 5.10 Å². The monoisotopic (exact) mass is 575 g/mol. The van der Waals surface area contributed by atoms with Crippen LogP contribution in [0.3, 0.4) is 0 Å². The molecular weight excluding hydrogens is 542 g/mol. The van der Waals surface area contributed by atoms with E-state index in [2.05, 4.69) is 23.6 Å². The molecule has 0 aliphatic heterocycles. The number of benzene rings is 1. The molecule has 0 unspecified atom stereocenters. The first-order valence-electron chi connectivity index (χ1n) is 13.0. The highest BCUT2D eigenvalue weighted by Gasteiger charge is 2.16. The molecule has 8 nitrogen and oxygen atoms in total. The number of imidazole rings is 1. The number of aliphatic hydroxyl groups excluding tert-OH is 1. The lowest BCUT2D eigenvalue weighted by Gasteiger charge is -2.07. The Labute approximate surface area is 242 Å². The molecule has 208 valence electrons. The predicted octanol–water partition coefficient (Wildman–Crippen LogP) is 8.20. The molecule has 0 bridgehead atoms. The van der Waals surface area contributed by atoms with Crippen LogP contribution in [-0.4, -0.2) is 36.8 Å². The first kappa shape index (κ1) is 29.0. The fourth-order valence-corrected chi connectivity index (χ4v) is 5.60. The number of aromatic nitrogens is 5. The van der Waals surface area contributed by atoms with E-state index in [0.717, 1.165) is 60.5 Å². The summed E-state index contributed by atoms with van der Waals surface area (Å²) in [6, 6.07) is 7.65. The van der Waals surface area contributed by atoms with E-state index in [0.29, 0.717) is 18.1 Å². The van der Waals surface area contributed by atoms with Crippen molar-refractivity contribution in [3.8, 4) is 22.2 Å². The van der Waals surface area contributed by atoms with Crippen molar-refractivity contribution in [3.05, 3.63) is 82.3 Å². The number of allylic oxidation sites excluding steroid dienone is 4. The summed E-state index contributed by atoms with van der Waals surface area (Å²) in [5.74, 6) is 1.41. The van der Waals surface area contributed by atoms with Crippen LogP contribution in [0.15, 0.2) is 65.9 Å². The van der Waals surface area contributed by atoms with E-state index in [1.54, 1.807) is 23.0 Å². The van der Waals surface area contributed by atoms with E-state index in [1.165, 1.54) is 11.3 Å². The van der Waals surface area contributed by atoms with Crippen molar-refractivity contribution in [2.75, 3.05) is 7.11 Å². The molecule has 0 saturated heterocycles. The fourth-order valence-electron chi connectivity index (χ4n) is 3.73. The van der Waals surface area contributed by atoms with Crippen LogP contribution in [0.4, 0.5) is 0 Å². The van der Waals surface area contributed by atoms with Crippen LogP contribution < -0.4 is 9.47 Å². The highest BCUT2D eigenvalue weighted by molar-refractivity contribution is 7.22. The van der Waals surface area contributed by atoms with Crippen LogP contribution in [0.2, 0.25) is 0 Å². The molecule has 1 N–H and O–H groups in total. The standard InChI is InChI=1S/C28H27N5O3S2.C2H6/c1-6-19(9-7-16(2)18(4)34)27-29-20(15-37-27)14-36-24-12-21(35-5)11-22-26(24)38-28(31-22)23-13-33-25(30-23)10-8-17(3)32-33;1-2/h7-13,15,34H,4,6,14H2,1-3,5H3;1-2H3/b16-7+,19-9+;. The van der Waals surface area contributed by atoms with E-state index in [-0.39, 0.29) is 5.76 Å². The van der Waals surface area contributed by atoms with Crippen molar-refractivity contribution in [1.29, 1.82) is 0 Å². The zero-order chi connectivity index (χ0) is 28.8. The highest BCUT2D eigenvalue weighted by atomic mass is 32.1. The minimum atomic E-state index is 0.0636. The number of methoxy groups -OCH3 is 1. The molecule has 0 fully saturated rings. The van der Waals surface area contributed by atoms with E-state index >= 15 is 0 Å². The van der Waals surface area contributed by atoms with Gasteiger partial charge in [-0.15, -0.1) is 22.7 Å². The lowest BCUT2D eigenvalue weighted by Crippen LogP contribution is -1.97. The van der Waals surface area contributed by atoms with E-state index in [4.69, 9.17) is 19.4 Å². The van der Waals surface area contributed by atoms with Gasteiger partial charge in [0, 0.05) is 17.5 Å². The Kier molecular flexibility index (Phi) is 9.34. The van der Waals surface area contributed by atoms with Crippen molar-refractivity contribution in [1.82, 2.24) is 24.6 Å². The second kappa shape index (κ2) is 12.9. The molecule has 4 heterocycles. The summed E-state index contributed by atoms with van der Waals surface area (Å²) in [6.45, 7) is 13.7. The number of ether oxygens (including phenoxy) is 2. The summed E-state index contributed by atoms with van der Waals surface area (Å²) < 4.78 is 14.4. The topological polar surface area (TPSA) is 94.7 Å². The van der Waals surface area contributed by atoms with Crippen LogP contribution >= 0.6 is 22.7 Å². The molecule has 0 radical (unpaired) electrons. The summed E-state index contributed by atoms with van der Waals surface area (Å²) >= 11 is 3.09. The molecule has 0 spiro atoms. The van der Waals surface area contributed by atoms with Crippen LogP contribution in [-0.2, 0) is 6.61 Å². The number of aryl methyl sites for hydroxylation is 1. The Bertz CT molecular complexity index is 1710. The number of aliphatic hydroxyl groups is 1. The molecular formula is C30H33N5O3S2. The number of fused-ring (bicyclic) bond motifs is 2. The molecule has 0 saturated carbocycles. The first-order chi connectivity index (χ1) is 19.3. The molecule has 0 aliphatic rings. The Hall–Kier alpha value is -4.02. The van der Waals surface area contributed by atoms with Gasteiger partial charge in [0.05, 0.1) is 34.9 Å². The lowest BCUT2D eigenvalue weighted by molar-refractivity contribution is 0.304. The first-order valence-corrected chi connectivity index (χ1v) is 14.7. The molecule has 40 heavy (non-hydrogen) atoms. The summed E-state index contributed by atoms with van der Waals surface area (Å²) in [5.41, 5.74) is 5.85. The van der Waals surface area contributed by atoms with E-state index in [9.17, 15) is 5.11 Å². The summed E-state index contributed by atoms with van der Waals surface area (Å²) in [4.78, 5) is 14.3. The number of thiazole rings is 2. The summed E-state index contributed by atoms with van der Waals surface area (Å²) in [7, 11) is 1.63. The Balaban J connectivity index is 0.00000181. The average molecular weight is 576 g/mol. The van der Waals surface area contributed by atoms with Gasteiger partial charge in [-0.25, -0.2) is 19.5 Å². The molecule has 10 heteroatoms. The van der Waals surface area contributed by atoms with Gasteiger partial charge in [0.1, 0.15) is 39.6 Å². The Morgan fingerprint density at radius 3 is 2.67 bits per heavy atom. The second-order valence-corrected chi connectivity index (χ2v) is 10.5. The second-order valence-electron chi connectivity index (χ2n) is 8.67. The highest BCUT2D eigenvalue weighted by Crippen LogP contribution is 2.39. The summed E-state index contributed by atoms with van der Waals surface area (Å²) in [6.07, 6.45) is 6.53. The van der Waals surface area contributed by atoms with Gasteiger partial charge in [0.15, 0.2) is 5.65 Å². The van der Waals surface area contributed by atoms with E-state index in [1.807, 2.05) is 75.7 Å². The molecule has 1 aromatic carbocycles. The quantitative estimate of drug-likeness (QED) is 0.140. The number of hydrogen-bond acceptors (Lipinski definition) is 9. The zero-order valence-electron chi connectivity index (χ0n) is 23.6. The fraction of sp³-hybridized carbons (Fsp3) is 0.267. The van der Waals surface area contributed by atoms with Gasteiger partial charge in [-0.05, 0) is 43.5 Å². The van der Waals surface area contributed by atoms with Gasteiger partial charge in [-0.3, -0.25) is 0 Å². The third-order valence-electron chi connectivity index (χ3n) is 5.91. The normalized spacial score (nSPS) is 11.9. The summed E-state index contributed by atoms with van der Waals surface area (Å²) in [5, 5.41) is 17.7.